The fourth-order valence-electron chi connectivity index (χ4n) is 6.18. The van der Waals surface area contributed by atoms with E-state index in [0.29, 0.717) is 11.8 Å². The maximum atomic E-state index is 5.99. The zero-order chi connectivity index (χ0) is 28.2. The molecule has 0 amide bonds. The van der Waals surface area contributed by atoms with Crippen LogP contribution in [0.5, 0.6) is 0 Å². The Bertz CT molecular complexity index is 1600. The van der Waals surface area contributed by atoms with Crippen molar-refractivity contribution in [3.05, 3.63) is 147 Å². The van der Waals surface area contributed by atoms with Crippen molar-refractivity contribution in [2.75, 3.05) is 0 Å². The summed E-state index contributed by atoms with van der Waals surface area (Å²) >= 11 is 0. The molecule has 0 saturated heterocycles. The number of fused-ring (bicyclic) bond motifs is 2. The fourth-order valence-corrected chi connectivity index (χ4v) is 6.18. The molecule has 0 saturated carbocycles. The minimum Gasteiger partial charge on any atom is -0.115 e. The second-order valence-corrected chi connectivity index (χ2v) is 11.2. The second-order valence-electron chi connectivity index (χ2n) is 11.2. The molecule has 0 fully saturated rings. The zero-order valence-electron chi connectivity index (χ0n) is 24.4. The molecule has 3 aliphatic rings. The van der Waals surface area contributed by atoms with Crippen LogP contribution in [0.4, 0.5) is 0 Å². The van der Waals surface area contributed by atoms with E-state index in [-0.39, 0.29) is 0 Å². The monoisotopic (exact) mass is 520 g/mol. The van der Waals surface area contributed by atoms with E-state index in [1.54, 1.807) is 0 Å². The number of allylic oxidation sites excluding steroid dienone is 14. The van der Waals surface area contributed by atoms with Crippen molar-refractivity contribution in [3.63, 3.8) is 0 Å². The SMILES string of the molecule is C#Cc1cc(C(=C)C2=CCC=C3C(c4cc5c(cc4C)C(C)C=C5)=CC=CC3C2)ccc1CC(=C/C)/C=C/CC. The van der Waals surface area contributed by atoms with E-state index in [9.17, 15) is 0 Å². The highest BCUT2D eigenvalue weighted by atomic mass is 14.3. The number of hydrogen-bond donors (Lipinski definition) is 0. The van der Waals surface area contributed by atoms with Crippen LogP contribution in [0.2, 0.25) is 0 Å². The van der Waals surface area contributed by atoms with Crippen LogP contribution in [0.3, 0.4) is 0 Å². The van der Waals surface area contributed by atoms with E-state index in [4.69, 9.17) is 6.42 Å². The fraction of sp³-hybridized carbons (Fsp3) is 0.250. The molecule has 0 bridgehead atoms. The first-order valence-electron chi connectivity index (χ1n) is 14.6. The van der Waals surface area contributed by atoms with Crippen molar-refractivity contribution >= 4 is 17.2 Å². The summed E-state index contributed by atoms with van der Waals surface area (Å²) in [4.78, 5) is 0. The van der Waals surface area contributed by atoms with E-state index in [1.165, 1.54) is 50.1 Å². The number of terminal acetylenes is 1. The first kappa shape index (κ1) is 27.5. The van der Waals surface area contributed by atoms with Crippen LogP contribution in [0.25, 0.3) is 17.2 Å². The van der Waals surface area contributed by atoms with Crippen LogP contribution in [0.15, 0.2) is 108 Å². The van der Waals surface area contributed by atoms with Gasteiger partial charge in [-0.3, -0.25) is 0 Å². The first-order valence-corrected chi connectivity index (χ1v) is 14.6. The average molecular weight is 521 g/mol. The molecule has 200 valence electrons. The van der Waals surface area contributed by atoms with Crippen molar-refractivity contribution in [2.45, 2.75) is 59.3 Å². The van der Waals surface area contributed by atoms with Crippen LogP contribution in [0.1, 0.15) is 84.9 Å². The Hall–Kier alpha value is -4.08. The number of aryl methyl sites for hydroxylation is 1. The molecule has 2 unspecified atom stereocenters. The normalized spacial score (nSPS) is 19.9. The smallest absolute Gasteiger partial charge is 0.0284 e. The summed E-state index contributed by atoms with van der Waals surface area (Å²) in [6.45, 7) is 13.3. The minimum atomic E-state index is 0.335. The Labute approximate surface area is 241 Å². The van der Waals surface area contributed by atoms with Gasteiger partial charge in [0.1, 0.15) is 0 Å². The summed E-state index contributed by atoms with van der Waals surface area (Å²) in [6.07, 6.45) is 32.5. The summed E-state index contributed by atoms with van der Waals surface area (Å²) in [5, 5.41) is 0. The number of rotatable bonds is 7. The Morgan fingerprint density at radius 2 is 2.00 bits per heavy atom. The molecule has 5 rings (SSSR count). The van der Waals surface area contributed by atoms with Crippen LogP contribution in [0, 0.1) is 25.2 Å². The quantitative estimate of drug-likeness (QED) is 0.252. The van der Waals surface area contributed by atoms with Gasteiger partial charge in [-0.05, 0) is 119 Å². The van der Waals surface area contributed by atoms with E-state index in [2.05, 4.69) is 131 Å². The third-order valence-electron chi connectivity index (χ3n) is 8.57. The summed E-state index contributed by atoms with van der Waals surface area (Å²) in [5.74, 6) is 3.77. The van der Waals surface area contributed by atoms with Crippen molar-refractivity contribution in [2.24, 2.45) is 5.92 Å². The highest BCUT2D eigenvalue weighted by Crippen LogP contribution is 2.43. The van der Waals surface area contributed by atoms with Gasteiger partial charge >= 0.3 is 0 Å². The molecule has 0 spiro atoms. The highest BCUT2D eigenvalue weighted by molar-refractivity contribution is 5.87. The maximum absolute atomic E-state index is 5.99. The Kier molecular flexibility index (Phi) is 8.23. The van der Waals surface area contributed by atoms with Crippen molar-refractivity contribution in [1.82, 2.24) is 0 Å². The van der Waals surface area contributed by atoms with Crippen molar-refractivity contribution in [3.8, 4) is 12.3 Å². The van der Waals surface area contributed by atoms with Gasteiger partial charge in [0, 0.05) is 11.5 Å². The van der Waals surface area contributed by atoms with E-state index in [0.717, 1.165) is 42.4 Å². The molecule has 0 radical (unpaired) electrons. The zero-order valence-corrected chi connectivity index (χ0v) is 24.4. The Morgan fingerprint density at radius 3 is 2.77 bits per heavy atom. The highest BCUT2D eigenvalue weighted by Gasteiger charge is 2.25. The van der Waals surface area contributed by atoms with Gasteiger partial charge in [0.2, 0.25) is 0 Å². The van der Waals surface area contributed by atoms with E-state index in [1.807, 2.05) is 0 Å². The summed E-state index contributed by atoms with van der Waals surface area (Å²) in [6, 6.07) is 11.3. The number of hydrogen-bond acceptors (Lipinski definition) is 0. The van der Waals surface area contributed by atoms with Gasteiger partial charge in [-0.15, -0.1) is 6.42 Å². The number of benzene rings is 2. The van der Waals surface area contributed by atoms with Gasteiger partial charge in [-0.2, -0.15) is 0 Å². The van der Waals surface area contributed by atoms with Gasteiger partial charge in [0.05, 0.1) is 0 Å². The van der Waals surface area contributed by atoms with Crippen molar-refractivity contribution < 1.29 is 0 Å². The van der Waals surface area contributed by atoms with E-state index < -0.39 is 0 Å². The van der Waals surface area contributed by atoms with Crippen LogP contribution in [-0.2, 0) is 6.42 Å². The third-order valence-corrected chi connectivity index (χ3v) is 8.57. The van der Waals surface area contributed by atoms with Gasteiger partial charge < -0.3 is 0 Å². The molecule has 2 aromatic rings. The molecule has 3 aliphatic carbocycles. The molecule has 0 heteroatoms. The molecule has 0 heterocycles. The average Bonchev–Trinajstić information content (AvgIpc) is 3.18. The maximum Gasteiger partial charge on any atom is 0.0284 e. The molecule has 0 nitrogen and oxygen atoms in total. The molecular formula is C40H40. The van der Waals surface area contributed by atoms with Gasteiger partial charge in [-0.25, -0.2) is 0 Å². The van der Waals surface area contributed by atoms with Crippen LogP contribution < -0.4 is 0 Å². The molecule has 40 heavy (non-hydrogen) atoms. The van der Waals surface area contributed by atoms with Gasteiger partial charge in [0.15, 0.2) is 0 Å². The Morgan fingerprint density at radius 1 is 1.15 bits per heavy atom. The largest absolute Gasteiger partial charge is 0.115 e. The summed E-state index contributed by atoms with van der Waals surface area (Å²) in [7, 11) is 0. The Balaban J connectivity index is 1.36. The minimum absolute atomic E-state index is 0.335. The lowest BCUT2D eigenvalue weighted by atomic mass is 9.79. The molecule has 0 aromatic heterocycles. The van der Waals surface area contributed by atoms with Crippen LogP contribution >= 0.6 is 0 Å². The first-order chi connectivity index (χ1) is 19.4. The second kappa shape index (κ2) is 12.0. The van der Waals surface area contributed by atoms with E-state index >= 15 is 0 Å². The molecular weight excluding hydrogens is 480 g/mol. The topological polar surface area (TPSA) is 0 Å². The molecule has 0 aliphatic heterocycles. The summed E-state index contributed by atoms with van der Waals surface area (Å²) < 4.78 is 0. The summed E-state index contributed by atoms with van der Waals surface area (Å²) in [5.41, 5.74) is 15.2. The molecule has 2 atom stereocenters. The third kappa shape index (κ3) is 5.48. The predicted molar refractivity (Wildman–Crippen MR) is 175 cm³/mol. The van der Waals surface area contributed by atoms with Crippen molar-refractivity contribution in [1.29, 1.82) is 0 Å². The lowest BCUT2D eigenvalue weighted by molar-refractivity contribution is 0.782. The lowest BCUT2D eigenvalue weighted by Gasteiger charge is -2.25. The van der Waals surface area contributed by atoms with Gasteiger partial charge in [0.25, 0.3) is 0 Å². The van der Waals surface area contributed by atoms with Gasteiger partial charge in [-0.1, -0.05) is 105 Å². The molecule has 0 N–H and O–H groups in total. The lowest BCUT2D eigenvalue weighted by Crippen LogP contribution is -2.09. The predicted octanol–water partition coefficient (Wildman–Crippen LogP) is 10.5. The van der Waals surface area contributed by atoms with Crippen LogP contribution in [-0.4, -0.2) is 0 Å². The standard InChI is InChI=1S/C40H40/c1-7-10-13-30(8-2)23-34-21-20-33(24-31(34)9-3)29(6)32-14-11-16-37-35(25-32)15-12-17-38(37)40-26-36-19-18-27(4)39(36)22-28(40)5/h3,8,10,12-22,24,26-27,35H,6-7,11,23,25H2,1-2,4-5H3/b13-10+,30-8+. The molecule has 2 aromatic carbocycles.